The summed E-state index contributed by atoms with van der Waals surface area (Å²) >= 11 is 0. The fraction of sp³-hybridized carbons (Fsp3) is 0.909. The molecule has 1 saturated heterocycles. The Morgan fingerprint density at radius 3 is 2.87 bits per heavy atom. The number of carbonyl (C=O) groups is 1. The Morgan fingerprint density at radius 2 is 2.27 bits per heavy atom. The maximum atomic E-state index is 11.7. The molecule has 0 saturated carbocycles. The lowest BCUT2D eigenvalue weighted by molar-refractivity contribution is -0.129. The standard InChI is InChI=1S/C11H22N2O2/c1-3-10-11(14)13(9-12-10)7-5-4-6-8-15-2/h10,12H,3-9H2,1-2H3. The van der Waals surface area contributed by atoms with Gasteiger partial charge in [-0.3, -0.25) is 10.1 Å². The second kappa shape index (κ2) is 6.80. The summed E-state index contributed by atoms with van der Waals surface area (Å²) in [6.45, 7) is 4.47. The van der Waals surface area contributed by atoms with Gasteiger partial charge in [-0.2, -0.15) is 0 Å². The lowest BCUT2D eigenvalue weighted by Crippen LogP contribution is -2.30. The van der Waals surface area contributed by atoms with Crippen LogP contribution in [-0.4, -0.2) is 43.8 Å². The van der Waals surface area contributed by atoms with Crippen LogP contribution in [0.25, 0.3) is 0 Å². The molecule has 0 aromatic carbocycles. The minimum absolute atomic E-state index is 0.0592. The Morgan fingerprint density at radius 1 is 1.47 bits per heavy atom. The van der Waals surface area contributed by atoms with E-state index in [1.165, 1.54) is 0 Å². The van der Waals surface area contributed by atoms with Crippen molar-refractivity contribution in [2.24, 2.45) is 0 Å². The number of hydrogen-bond donors (Lipinski definition) is 1. The fourth-order valence-corrected chi connectivity index (χ4v) is 1.84. The number of hydrogen-bond acceptors (Lipinski definition) is 3. The number of carbonyl (C=O) groups excluding carboxylic acids is 1. The Labute approximate surface area is 92.0 Å². The average molecular weight is 214 g/mol. The molecule has 1 aliphatic heterocycles. The number of nitrogens with zero attached hydrogens (tertiary/aromatic N) is 1. The number of nitrogens with one attached hydrogen (secondary N) is 1. The number of rotatable bonds is 7. The summed E-state index contributed by atoms with van der Waals surface area (Å²) < 4.78 is 4.98. The minimum Gasteiger partial charge on any atom is -0.385 e. The third-order valence-corrected chi connectivity index (χ3v) is 2.82. The highest BCUT2D eigenvalue weighted by molar-refractivity contribution is 5.83. The predicted molar refractivity (Wildman–Crippen MR) is 59.5 cm³/mol. The van der Waals surface area contributed by atoms with Gasteiger partial charge in [0.2, 0.25) is 5.91 Å². The van der Waals surface area contributed by atoms with Crippen LogP contribution in [0.4, 0.5) is 0 Å². The van der Waals surface area contributed by atoms with E-state index in [4.69, 9.17) is 4.74 Å². The largest absolute Gasteiger partial charge is 0.385 e. The molecular formula is C11H22N2O2. The van der Waals surface area contributed by atoms with Gasteiger partial charge < -0.3 is 9.64 Å². The van der Waals surface area contributed by atoms with Crippen LogP contribution >= 0.6 is 0 Å². The highest BCUT2D eigenvalue weighted by Crippen LogP contribution is 2.08. The van der Waals surface area contributed by atoms with E-state index in [1.807, 2.05) is 11.8 Å². The summed E-state index contributed by atoms with van der Waals surface area (Å²) in [7, 11) is 1.72. The lowest BCUT2D eigenvalue weighted by atomic mass is 10.2. The van der Waals surface area contributed by atoms with Crippen LogP contribution in [0.1, 0.15) is 32.6 Å². The highest BCUT2D eigenvalue weighted by atomic mass is 16.5. The molecule has 15 heavy (non-hydrogen) atoms. The van der Waals surface area contributed by atoms with Crippen molar-refractivity contribution in [2.45, 2.75) is 38.6 Å². The maximum absolute atomic E-state index is 11.7. The molecule has 1 heterocycles. The summed E-state index contributed by atoms with van der Waals surface area (Å²) in [5.41, 5.74) is 0. The van der Waals surface area contributed by atoms with Crippen molar-refractivity contribution in [2.75, 3.05) is 26.9 Å². The molecule has 0 aromatic rings. The Hall–Kier alpha value is -0.610. The molecule has 88 valence electrons. The first-order valence-electron chi connectivity index (χ1n) is 5.80. The normalized spacial score (nSPS) is 21.3. The zero-order chi connectivity index (χ0) is 11.1. The number of amides is 1. The van der Waals surface area contributed by atoms with Gasteiger partial charge >= 0.3 is 0 Å². The second-order valence-electron chi connectivity index (χ2n) is 3.98. The monoisotopic (exact) mass is 214 g/mol. The zero-order valence-electron chi connectivity index (χ0n) is 9.79. The van der Waals surface area contributed by atoms with E-state index in [1.54, 1.807) is 7.11 Å². The first kappa shape index (κ1) is 12.5. The van der Waals surface area contributed by atoms with Gasteiger partial charge in [-0.1, -0.05) is 6.92 Å². The third kappa shape index (κ3) is 3.80. The van der Waals surface area contributed by atoms with Crippen LogP contribution in [-0.2, 0) is 9.53 Å². The third-order valence-electron chi connectivity index (χ3n) is 2.82. The van der Waals surface area contributed by atoms with Gasteiger partial charge in [0.25, 0.3) is 0 Å². The molecule has 0 bridgehead atoms. The van der Waals surface area contributed by atoms with E-state index in [2.05, 4.69) is 5.32 Å². The molecule has 1 atom stereocenters. The highest BCUT2D eigenvalue weighted by Gasteiger charge is 2.28. The van der Waals surface area contributed by atoms with Crippen molar-refractivity contribution in [3.63, 3.8) is 0 Å². The number of unbranched alkanes of at least 4 members (excludes halogenated alkanes) is 2. The Kier molecular flexibility index (Phi) is 5.65. The SMILES string of the molecule is CCC1NCN(CCCCCOC)C1=O. The molecular weight excluding hydrogens is 192 g/mol. The lowest BCUT2D eigenvalue weighted by Gasteiger charge is -2.14. The summed E-state index contributed by atoms with van der Waals surface area (Å²) in [5.74, 6) is 0.268. The van der Waals surface area contributed by atoms with Crippen molar-refractivity contribution in [1.29, 1.82) is 0 Å². The predicted octanol–water partition coefficient (Wildman–Crippen LogP) is 0.971. The molecule has 0 aromatic heterocycles. The van der Waals surface area contributed by atoms with Crippen molar-refractivity contribution in [3.05, 3.63) is 0 Å². The van der Waals surface area contributed by atoms with Crippen LogP contribution in [0.2, 0.25) is 0 Å². The molecule has 0 radical (unpaired) electrons. The van der Waals surface area contributed by atoms with Crippen molar-refractivity contribution < 1.29 is 9.53 Å². The molecule has 1 amide bonds. The van der Waals surface area contributed by atoms with Crippen LogP contribution < -0.4 is 5.32 Å². The summed E-state index contributed by atoms with van der Waals surface area (Å²) in [4.78, 5) is 13.6. The van der Waals surface area contributed by atoms with E-state index in [0.29, 0.717) is 0 Å². The van der Waals surface area contributed by atoms with Gasteiger partial charge in [-0.15, -0.1) is 0 Å². The van der Waals surface area contributed by atoms with Crippen LogP contribution in [0.3, 0.4) is 0 Å². The molecule has 4 heteroatoms. The molecule has 1 rings (SSSR count). The van der Waals surface area contributed by atoms with Crippen molar-refractivity contribution >= 4 is 5.91 Å². The quantitative estimate of drug-likeness (QED) is 0.642. The van der Waals surface area contributed by atoms with Gasteiger partial charge in [0.15, 0.2) is 0 Å². The Bertz CT molecular complexity index is 197. The van der Waals surface area contributed by atoms with Crippen LogP contribution in [0.5, 0.6) is 0 Å². The van der Waals surface area contributed by atoms with Crippen LogP contribution in [0, 0.1) is 0 Å². The summed E-state index contributed by atoms with van der Waals surface area (Å²) in [6, 6.07) is 0.0592. The molecule has 0 aliphatic carbocycles. The van der Waals surface area contributed by atoms with Gasteiger partial charge in [-0.05, 0) is 25.7 Å². The number of methoxy groups -OCH3 is 1. The molecule has 1 N–H and O–H groups in total. The van der Waals surface area contributed by atoms with E-state index in [0.717, 1.165) is 45.5 Å². The van der Waals surface area contributed by atoms with E-state index in [9.17, 15) is 4.79 Å². The molecule has 1 unspecified atom stereocenters. The average Bonchev–Trinajstić information content (AvgIpc) is 2.60. The second-order valence-corrected chi connectivity index (χ2v) is 3.98. The van der Waals surface area contributed by atoms with Gasteiger partial charge in [0, 0.05) is 20.3 Å². The van der Waals surface area contributed by atoms with E-state index in [-0.39, 0.29) is 11.9 Å². The molecule has 0 spiro atoms. The molecule has 4 nitrogen and oxygen atoms in total. The zero-order valence-corrected chi connectivity index (χ0v) is 9.79. The summed E-state index contributed by atoms with van der Waals surface area (Å²) in [5, 5.41) is 3.21. The topological polar surface area (TPSA) is 41.6 Å². The van der Waals surface area contributed by atoms with E-state index >= 15 is 0 Å². The minimum atomic E-state index is 0.0592. The smallest absolute Gasteiger partial charge is 0.240 e. The molecule has 1 fully saturated rings. The maximum Gasteiger partial charge on any atom is 0.240 e. The Balaban J connectivity index is 2.09. The van der Waals surface area contributed by atoms with Gasteiger partial charge in [0.05, 0.1) is 12.7 Å². The first-order chi connectivity index (χ1) is 7.29. The van der Waals surface area contributed by atoms with Crippen molar-refractivity contribution in [1.82, 2.24) is 10.2 Å². The van der Waals surface area contributed by atoms with Crippen molar-refractivity contribution in [3.8, 4) is 0 Å². The fourth-order valence-electron chi connectivity index (χ4n) is 1.84. The van der Waals surface area contributed by atoms with Gasteiger partial charge in [-0.25, -0.2) is 0 Å². The summed E-state index contributed by atoms with van der Waals surface area (Å²) in [6.07, 6.45) is 4.18. The first-order valence-corrected chi connectivity index (χ1v) is 5.80. The van der Waals surface area contributed by atoms with Crippen LogP contribution in [0.15, 0.2) is 0 Å². The van der Waals surface area contributed by atoms with Gasteiger partial charge in [0.1, 0.15) is 0 Å². The number of ether oxygens (including phenoxy) is 1. The van der Waals surface area contributed by atoms with E-state index < -0.39 is 0 Å². The molecule has 1 aliphatic rings.